The molecule has 1 saturated heterocycles. The van der Waals surface area contributed by atoms with Gasteiger partial charge in [0.2, 0.25) is 11.8 Å². The van der Waals surface area contributed by atoms with Crippen LogP contribution >= 0.6 is 11.8 Å². The van der Waals surface area contributed by atoms with Crippen molar-refractivity contribution in [1.29, 1.82) is 0 Å². The number of hydrogen-bond donors (Lipinski definition) is 1. The third kappa shape index (κ3) is 3.40. The molecule has 2 unspecified atom stereocenters. The standard InChI is InChI=1S/C11H20N2O2S/c1-4-16-7-8(2)13-6-5-10(14)12-9(3)11(13)15/h8-9H,4-7H2,1-3H3,(H,12,14). The van der Waals surface area contributed by atoms with Crippen molar-refractivity contribution in [2.75, 3.05) is 18.1 Å². The summed E-state index contributed by atoms with van der Waals surface area (Å²) >= 11 is 1.82. The molecular formula is C11H20N2O2S. The molecule has 0 radical (unpaired) electrons. The number of carbonyl (C=O) groups excluding carboxylic acids is 2. The molecular weight excluding hydrogens is 224 g/mol. The van der Waals surface area contributed by atoms with Crippen molar-refractivity contribution in [1.82, 2.24) is 10.2 Å². The summed E-state index contributed by atoms with van der Waals surface area (Å²) in [6, 6.07) is -0.184. The van der Waals surface area contributed by atoms with Gasteiger partial charge < -0.3 is 10.2 Å². The lowest BCUT2D eigenvalue weighted by Crippen LogP contribution is -2.47. The summed E-state index contributed by atoms with van der Waals surface area (Å²) in [6.07, 6.45) is 0.414. The SMILES string of the molecule is CCSCC(C)N1CCC(=O)NC(C)C1=O. The zero-order chi connectivity index (χ0) is 12.1. The molecule has 92 valence electrons. The van der Waals surface area contributed by atoms with Crippen molar-refractivity contribution >= 4 is 23.6 Å². The maximum Gasteiger partial charge on any atom is 0.245 e. The number of hydrogen-bond acceptors (Lipinski definition) is 3. The smallest absolute Gasteiger partial charge is 0.245 e. The first kappa shape index (κ1) is 13.4. The maximum absolute atomic E-state index is 12.0. The Kier molecular flexibility index (Phi) is 5.12. The first-order chi connectivity index (χ1) is 7.56. The molecule has 5 heteroatoms. The maximum atomic E-state index is 12.0. The highest BCUT2D eigenvalue weighted by Crippen LogP contribution is 2.12. The Morgan fingerprint density at radius 1 is 1.56 bits per heavy atom. The van der Waals surface area contributed by atoms with E-state index >= 15 is 0 Å². The molecule has 0 aromatic heterocycles. The molecule has 0 aromatic rings. The average molecular weight is 244 g/mol. The third-order valence-corrected chi connectivity index (χ3v) is 3.83. The number of amides is 2. The van der Waals surface area contributed by atoms with E-state index in [1.165, 1.54) is 0 Å². The number of thioether (sulfide) groups is 1. The molecule has 2 amide bonds. The van der Waals surface area contributed by atoms with Crippen molar-refractivity contribution in [2.45, 2.75) is 39.3 Å². The van der Waals surface area contributed by atoms with Crippen molar-refractivity contribution in [3.8, 4) is 0 Å². The normalized spacial score (nSPS) is 23.9. The van der Waals surface area contributed by atoms with E-state index in [0.717, 1.165) is 11.5 Å². The highest BCUT2D eigenvalue weighted by Gasteiger charge is 2.29. The molecule has 1 fully saturated rings. The van der Waals surface area contributed by atoms with Gasteiger partial charge in [-0.1, -0.05) is 6.92 Å². The Hall–Kier alpha value is -0.710. The first-order valence-corrected chi connectivity index (χ1v) is 6.89. The van der Waals surface area contributed by atoms with Crippen LogP contribution in [0, 0.1) is 0 Å². The van der Waals surface area contributed by atoms with Crippen molar-refractivity contribution in [3.63, 3.8) is 0 Å². The van der Waals surface area contributed by atoms with E-state index in [-0.39, 0.29) is 23.9 Å². The van der Waals surface area contributed by atoms with E-state index in [1.54, 1.807) is 6.92 Å². The Labute approximate surface area is 101 Å². The lowest BCUT2D eigenvalue weighted by atomic mass is 10.2. The third-order valence-electron chi connectivity index (χ3n) is 2.71. The number of carbonyl (C=O) groups is 2. The van der Waals surface area contributed by atoms with Gasteiger partial charge in [0.05, 0.1) is 0 Å². The van der Waals surface area contributed by atoms with Gasteiger partial charge in [-0.2, -0.15) is 11.8 Å². The Morgan fingerprint density at radius 2 is 2.25 bits per heavy atom. The molecule has 1 rings (SSSR count). The van der Waals surface area contributed by atoms with Gasteiger partial charge >= 0.3 is 0 Å². The Balaban J connectivity index is 2.62. The lowest BCUT2D eigenvalue weighted by Gasteiger charge is -2.28. The van der Waals surface area contributed by atoms with Crippen LogP contribution in [0.15, 0.2) is 0 Å². The predicted octanol–water partition coefficient (Wildman–Crippen LogP) is 0.865. The fourth-order valence-electron chi connectivity index (χ4n) is 1.77. The molecule has 0 aliphatic carbocycles. The van der Waals surface area contributed by atoms with Gasteiger partial charge in [-0.3, -0.25) is 9.59 Å². The van der Waals surface area contributed by atoms with E-state index in [2.05, 4.69) is 12.2 Å². The van der Waals surface area contributed by atoms with Crippen LogP contribution in [0.5, 0.6) is 0 Å². The van der Waals surface area contributed by atoms with E-state index in [4.69, 9.17) is 0 Å². The zero-order valence-corrected chi connectivity index (χ0v) is 11.0. The fraction of sp³-hybridized carbons (Fsp3) is 0.818. The molecule has 0 aromatic carbocycles. The van der Waals surface area contributed by atoms with E-state index in [9.17, 15) is 9.59 Å². The molecule has 1 heterocycles. The first-order valence-electron chi connectivity index (χ1n) is 5.73. The van der Waals surface area contributed by atoms with Gasteiger partial charge in [0.1, 0.15) is 6.04 Å². The number of nitrogens with zero attached hydrogens (tertiary/aromatic N) is 1. The van der Waals surface area contributed by atoms with Gasteiger partial charge in [-0.05, 0) is 19.6 Å². The molecule has 4 nitrogen and oxygen atoms in total. The molecule has 0 bridgehead atoms. The van der Waals surface area contributed by atoms with E-state index in [0.29, 0.717) is 13.0 Å². The highest BCUT2D eigenvalue weighted by molar-refractivity contribution is 7.99. The van der Waals surface area contributed by atoms with Crippen LogP contribution in [-0.4, -0.2) is 46.8 Å². The fourth-order valence-corrected chi connectivity index (χ4v) is 2.53. The molecule has 1 aliphatic heterocycles. The second-order valence-corrected chi connectivity index (χ2v) is 5.40. The van der Waals surface area contributed by atoms with Crippen LogP contribution in [0.3, 0.4) is 0 Å². The summed E-state index contributed by atoms with van der Waals surface area (Å²) in [5.74, 6) is 2.00. The zero-order valence-electron chi connectivity index (χ0n) is 10.2. The number of rotatable bonds is 4. The van der Waals surface area contributed by atoms with Gasteiger partial charge in [0.15, 0.2) is 0 Å². The van der Waals surface area contributed by atoms with Crippen LogP contribution in [-0.2, 0) is 9.59 Å². The summed E-state index contributed by atoms with van der Waals surface area (Å²) in [7, 11) is 0. The topological polar surface area (TPSA) is 49.4 Å². The second kappa shape index (κ2) is 6.13. The minimum atomic E-state index is -0.385. The Morgan fingerprint density at radius 3 is 2.88 bits per heavy atom. The molecule has 1 aliphatic rings. The summed E-state index contributed by atoms with van der Waals surface area (Å²) in [5.41, 5.74) is 0. The van der Waals surface area contributed by atoms with Crippen LogP contribution in [0.1, 0.15) is 27.2 Å². The average Bonchev–Trinajstić information content (AvgIpc) is 2.36. The summed E-state index contributed by atoms with van der Waals surface area (Å²) in [6.45, 7) is 6.44. The summed E-state index contributed by atoms with van der Waals surface area (Å²) in [5, 5.41) is 2.70. The van der Waals surface area contributed by atoms with Crippen LogP contribution in [0.2, 0.25) is 0 Å². The van der Waals surface area contributed by atoms with Gasteiger partial charge in [-0.25, -0.2) is 0 Å². The molecule has 16 heavy (non-hydrogen) atoms. The molecule has 1 N–H and O–H groups in total. The van der Waals surface area contributed by atoms with Crippen molar-refractivity contribution < 1.29 is 9.59 Å². The van der Waals surface area contributed by atoms with Gasteiger partial charge in [-0.15, -0.1) is 0 Å². The summed E-state index contributed by atoms with van der Waals surface area (Å²) in [4.78, 5) is 25.1. The minimum absolute atomic E-state index is 0.0290. The van der Waals surface area contributed by atoms with Gasteiger partial charge in [0.25, 0.3) is 0 Å². The van der Waals surface area contributed by atoms with E-state index in [1.807, 2.05) is 23.6 Å². The van der Waals surface area contributed by atoms with Crippen molar-refractivity contribution in [3.05, 3.63) is 0 Å². The highest BCUT2D eigenvalue weighted by atomic mass is 32.2. The predicted molar refractivity (Wildman–Crippen MR) is 66.4 cm³/mol. The Bertz CT molecular complexity index is 271. The second-order valence-electron chi connectivity index (χ2n) is 4.08. The summed E-state index contributed by atoms with van der Waals surface area (Å²) < 4.78 is 0. The van der Waals surface area contributed by atoms with Crippen molar-refractivity contribution in [2.24, 2.45) is 0 Å². The lowest BCUT2D eigenvalue weighted by molar-refractivity contribution is -0.134. The van der Waals surface area contributed by atoms with Gasteiger partial charge in [0, 0.05) is 24.8 Å². The van der Waals surface area contributed by atoms with Crippen LogP contribution in [0.4, 0.5) is 0 Å². The van der Waals surface area contributed by atoms with Crippen LogP contribution in [0.25, 0.3) is 0 Å². The number of nitrogens with one attached hydrogen (secondary N) is 1. The quantitative estimate of drug-likeness (QED) is 0.798. The van der Waals surface area contributed by atoms with Crippen LogP contribution < -0.4 is 5.32 Å². The largest absolute Gasteiger partial charge is 0.345 e. The minimum Gasteiger partial charge on any atom is -0.345 e. The van der Waals surface area contributed by atoms with E-state index < -0.39 is 0 Å². The molecule has 0 saturated carbocycles. The monoisotopic (exact) mass is 244 g/mol. The molecule has 2 atom stereocenters. The molecule has 0 spiro atoms.